The second-order valence-corrected chi connectivity index (χ2v) is 11.3. The largest absolute Gasteiger partial charge is 0.489 e. The first-order valence-electron chi connectivity index (χ1n) is 13.9. The molecule has 3 rings (SSSR count). The third-order valence-corrected chi connectivity index (χ3v) is 6.92. The van der Waals surface area contributed by atoms with Gasteiger partial charge in [-0.2, -0.15) is 0 Å². The number of nitrogens with one attached hydrogen (secondary N) is 2. The Morgan fingerprint density at radius 1 is 1.07 bits per heavy atom. The van der Waals surface area contributed by atoms with Crippen LogP contribution < -0.4 is 15.4 Å². The van der Waals surface area contributed by atoms with Crippen LogP contribution in [0.2, 0.25) is 0 Å². The molecule has 0 saturated heterocycles. The fourth-order valence-corrected chi connectivity index (χ4v) is 4.33. The van der Waals surface area contributed by atoms with Crippen LogP contribution in [0.1, 0.15) is 57.6 Å². The molecule has 0 bridgehead atoms. The average molecular weight is 551 g/mol. The molecule has 1 aliphatic heterocycles. The number of cyclic esters (lactones) is 1. The summed E-state index contributed by atoms with van der Waals surface area (Å²) in [6.07, 6.45) is 5.26. The molecular weight excluding hydrogens is 508 g/mol. The van der Waals surface area contributed by atoms with Gasteiger partial charge in [-0.25, -0.2) is 0 Å². The molecule has 0 radical (unpaired) electrons. The molecule has 0 fully saturated rings. The van der Waals surface area contributed by atoms with Gasteiger partial charge >= 0.3 is 5.97 Å². The van der Waals surface area contributed by atoms with Crippen molar-refractivity contribution < 1.29 is 29.0 Å². The molecule has 2 aromatic carbocycles. The maximum absolute atomic E-state index is 13.2. The fraction of sp³-hybridized carbons (Fsp3) is 0.469. The van der Waals surface area contributed by atoms with Gasteiger partial charge in [-0.1, -0.05) is 75.4 Å². The number of rotatable bonds is 9. The van der Waals surface area contributed by atoms with Gasteiger partial charge < -0.3 is 25.2 Å². The zero-order valence-electron chi connectivity index (χ0n) is 23.7. The number of ether oxygens (including phenoxy) is 2. The Hall–Kier alpha value is -3.65. The van der Waals surface area contributed by atoms with Crippen LogP contribution in [0.5, 0.6) is 5.75 Å². The minimum Gasteiger partial charge on any atom is -0.489 e. The molecule has 0 spiro atoms. The number of aliphatic hydroxyl groups excluding tert-OH is 1. The van der Waals surface area contributed by atoms with E-state index in [2.05, 4.69) is 10.6 Å². The number of hydrogen-bond acceptors (Lipinski definition) is 6. The predicted molar refractivity (Wildman–Crippen MR) is 153 cm³/mol. The van der Waals surface area contributed by atoms with E-state index in [4.69, 9.17) is 9.47 Å². The molecule has 3 N–H and O–H groups in total. The smallest absolute Gasteiger partial charge is 0.306 e. The van der Waals surface area contributed by atoms with E-state index < -0.39 is 12.0 Å². The number of carbonyl (C=O) groups excluding carboxylic acids is 3. The molecule has 0 aliphatic carbocycles. The van der Waals surface area contributed by atoms with E-state index in [1.54, 1.807) is 0 Å². The van der Waals surface area contributed by atoms with Crippen LogP contribution in [0.4, 0.5) is 0 Å². The molecule has 0 unspecified atom stereocenters. The van der Waals surface area contributed by atoms with Gasteiger partial charge in [0.2, 0.25) is 11.8 Å². The first-order chi connectivity index (χ1) is 19.1. The molecular formula is C32H42N2O6. The molecule has 8 nitrogen and oxygen atoms in total. The second-order valence-electron chi connectivity index (χ2n) is 11.3. The van der Waals surface area contributed by atoms with Crippen molar-refractivity contribution in [2.24, 2.45) is 11.3 Å². The molecule has 216 valence electrons. The van der Waals surface area contributed by atoms with Gasteiger partial charge in [-0.3, -0.25) is 14.4 Å². The van der Waals surface area contributed by atoms with Gasteiger partial charge in [0, 0.05) is 12.8 Å². The molecule has 2 amide bonds. The van der Waals surface area contributed by atoms with E-state index >= 15 is 0 Å². The topological polar surface area (TPSA) is 114 Å². The number of aliphatic hydroxyl groups is 1. The third kappa shape index (κ3) is 10.5. The van der Waals surface area contributed by atoms with Crippen LogP contribution in [0, 0.1) is 11.3 Å². The quantitative estimate of drug-likeness (QED) is 0.320. The zero-order valence-corrected chi connectivity index (χ0v) is 23.7. The van der Waals surface area contributed by atoms with Crippen LogP contribution >= 0.6 is 0 Å². The van der Waals surface area contributed by atoms with Crippen molar-refractivity contribution in [2.45, 2.75) is 71.6 Å². The summed E-state index contributed by atoms with van der Waals surface area (Å²) < 4.78 is 11.2. The molecule has 1 heterocycles. The van der Waals surface area contributed by atoms with Crippen molar-refractivity contribution >= 4 is 17.8 Å². The van der Waals surface area contributed by atoms with Gasteiger partial charge in [0.25, 0.3) is 0 Å². The number of amides is 2. The van der Waals surface area contributed by atoms with Crippen LogP contribution in [0.25, 0.3) is 0 Å². The first kappa shape index (κ1) is 30.9. The SMILES string of the molecule is CC(C)(C)[C@H]1COC(=O)CCC=CC[C@H](CC(=O)N[C@H](CO)Cc2ccc(OCc3ccccc3)cc2)C(=O)N1. The van der Waals surface area contributed by atoms with Crippen molar-refractivity contribution in [3.8, 4) is 5.75 Å². The Labute approximate surface area is 237 Å². The van der Waals surface area contributed by atoms with Gasteiger partial charge in [0.15, 0.2) is 0 Å². The molecule has 0 saturated carbocycles. The van der Waals surface area contributed by atoms with Gasteiger partial charge in [-0.15, -0.1) is 0 Å². The van der Waals surface area contributed by atoms with E-state index in [9.17, 15) is 19.5 Å². The first-order valence-corrected chi connectivity index (χ1v) is 13.9. The molecule has 8 heteroatoms. The third-order valence-electron chi connectivity index (χ3n) is 6.92. The highest BCUT2D eigenvalue weighted by Crippen LogP contribution is 2.22. The number of hydrogen-bond donors (Lipinski definition) is 3. The Bertz CT molecular complexity index is 1120. The normalized spacial score (nSPS) is 19.4. The summed E-state index contributed by atoms with van der Waals surface area (Å²) in [7, 11) is 0. The molecule has 1 aliphatic rings. The number of esters is 1. The lowest BCUT2D eigenvalue weighted by Gasteiger charge is -2.32. The Kier molecular flexibility index (Phi) is 11.8. The summed E-state index contributed by atoms with van der Waals surface area (Å²) in [6.45, 7) is 6.22. The Balaban J connectivity index is 1.57. The van der Waals surface area contributed by atoms with Crippen molar-refractivity contribution in [2.75, 3.05) is 13.2 Å². The summed E-state index contributed by atoms with van der Waals surface area (Å²) in [5.41, 5.74) is 1.69. The van der Waals surface area contributed by atoms with Crippen molar-refractivity contribution in [1.29, 1.82) is 0 Å². The second kappa shape index (κ2) is 15.2. The lowest BCUT2D eigenvalue weighted by Crippen LogP contribution is -2.50. The Morgan fingerprint density at radius 2 is 1.80 bits per heavy atom. The summed E-state index contributed by atoms with van der Waals surface area (Å²) in [6, 6.07) is 16.6. The van der Waals surface area contributed by atoms with E-state index in [-0.39, 0.29) is 55.3 Å². The lowest BCUT2D eigenvalue weighted by atomic mass is 9.86. The summed E-state index contributed by atoms with van der Waals surface area (Å²) in [5.74, 6) is -0.711. The zero-order chi connectivity index (χ0) is 29.0. The summed E-state index contributed by atoms with van der Waals surface area (Å²) >= 11 is 0. The van der Waals surface area contributed by atoms with Crippen LogP contribution in [0.15, 0.2) is 66.7 Å². The standard InChI is InChI=1S/C32H42N2O6/c1-32(2,3)28-22-40-30(37)13-9-5-8-12-25(31(38)34-28)19-29(36)33-26(20-35)18-23-14-16-27(17-15-23)39-21-24-10-6-4-7-11-24/h4-8,10-11,14-17,25-26,28,35H,9,12-13,18-22H2,1-3H3,(H,33,36)(H,34,38)/t25-,26+,28-/m1/s1. The molecule has 40 heavy (non-hydrogen) atoms. The molecule has 2 aromatic rings. The molecule has 3 atom stereocenters. The highest BCUT2D eigenvalue weighted by atomic mass is 16.5. The van der Waals surface area contributed by atoms with E-state index in [0.717, 1.165) is 16.9 Å². The summed E-state index contributed by atoms with van der Waals surface area (Å²) in [5, 5.41) is 15.8. The van der Waals surface area contributed by atoms with Crippen molar-refractivity contribution in [1.82, 2.24) is 10.6 Å². The lowest BCUT2D eigenvalue weighted by molar-refractivity contribution is -0.146. The number of carbonyl (C=O) groups is 3. The van der Waals surface area contributed by atoms with Crippen molar-refractivity contribution in [3.63, 3.8) is 0 Å². The maximum Gasteiger partial charge on any atom is 0.306 e. The van der Waals surface area contributed by atoms with E-state index in [1.165, 1.54) is 0 Å². The maximum atomic E-state index is 13.2. The van der Waals surface area contributed by atoms with Gasteiger partial charge in [0.05, 0.1) is 24.6 Å². The average Bonchev–Trinajstić information content (AvgIpc) is 2.92. The number of allylic oxidation sites excluding steroid dienone is 2. The monoisotopic (exact) mass is 550 g/mol. The Morgan fingerprint density at radius 3 is 2.48 bits per heavy atom. The van der Waals surface area contributed by atoms with Crippen LogP contribution in [0.3, 0.4) is 0 Å². The highest BCUT2D eigenvalue weighted by molar-refractivity contribution is 5.86. The summed E-state index contributed by atoms with van der Waals surface area (Å²) in [4.78, 5) is 38.1. The van der Waals surface area contributed by atoms with Gasteiger partial charge in [0.1, 0.15) is 19.0 Å². The minimum absolute atomic E-state index is 0.0183. The van der Waals surface area contributed by atoms with E-state index in [0.29, 0.717) is 25.9 Å². The van der Waals surface area contributed by atoms with Crippen LogP contribution in [-0.2, 0) is 32.1 Å². The van der Waals surface area contributed by atoms with Crippen LogP contribution in [-0.4, -0.2) is 48.2 Å². The van der Waals surface area contributed by atoms with E-state index in [1.807, 2.05) is 87.5 Å². The molecule has 0 aromatic heterocycles. The fourth-order valence-electron chi connectivity index (χ4n) is 4.33. The predicted octanol–water partition coefficient (Wildman–Crippen LogP) is 4.11. The minimum atomic E-state index is -0.586. The number of benzene rings is 2. The van der Waals surface area contributed by atoms with Gasteiger partial charge in [-0.05, 0) is 47.9 Å². The van der Waals surface area contributed by atoms with Crippen molar-refractivity contribution in [3.05, 3.63) is 77.9 Å². The highest BCUT2D eigenvalue weighted by Gasteiger charge is 2.31.